The standard InChI is InChI=1S/C4H8O3.K.H/c1-2-3-4(5)7-6;;/h6H,2-3H2,1H3;;/q;+1;-1. The van der Waals surface area contributed by atoms with Gasteiger partial charge in [0, 0.05) is 6.42 Å². The molecule has 0 aliphatic carbocycles. The van der Waals surface area contributed by atoms with Crippen LogP contribution in [0.25, 0.3) is 0 Å². The minimum absolute atomic E-state index is 0. The van der Waals surface area contributed by atoms with Gasteiger partial charge in [0.15, 0.2) is 0 Å². The van der Waals surface area contributed by atoms with Crippen molar-refractivity contribution in [3.63, 3.8) is 0 Å². The molecule has 0 aromatic rings. The van der Waals surface area contributed by atoms with Crippen LogP contribution in [0.3, 0.4) is 0 Å². The normalized spacial score (nSPS) is 7.25. The van der Waals surface area contributed by atoms with Crippen LogP contribution < -0.4 is 51.4 Å². The molecule has 0 atom stereocenters. The molecule has 0 aromatic carbocycles. The largest absolute Gasteiger partial charge is 1.00 e. The van der Waals surface area contributed by atoms with Gasteiger partial charge < -0.3 is 6.31 Å². The van der Waals surface area contributed by atoms with Gasteiger partial charge in [-0.2, -0.15) is 5.26 Å². The fraction of sp³-hybridized carbons (Fsp3) is 0.750. The average Bonchev–Trinajstić information content (AvgIpc) is 1.68. The summed E-state index contributed by atoms with van der Waals surface area (Å²) < 4.78 is 0. The molecule has 0 amide bonds. The topological polar surface area (TPSA) is 46.5 Å². The van der Waals surface area contributed by atoms with Crippen molar-refractivity contribution in [2.75, 3.05) is 0 Å². The van der Waals surface area contributed by atoms with Crippen molar-refractivity contribution in [2.24, 2.45) is 0 Å². The van der Waals surface area contributed by atoms with E-state index in [2.05, 4.69) is 4.89 Å². The van der Waals surface area contributed by atoms with Crippen LogP contribution in [0.4, 0.5) is 0 Å². The number of hydrogen-bond donors (Lipinski definition) is 1. The third kappa shape index (κ3) is 7.07. The molecule has 0 bridgehead atoms. The molecule has 4 heteroatoms. The Morgan fingerprint density at radius 1 is 1.88 bits per heavy atom. The van der Waals surface area contributed by atoms with E-state index in [1.54, 1.807) is 0 Å². The molecule has 0 spiro atoms. The van der Waals surface area contributed by atoms with E-state index in [-0.39, 0.29) is 59.2 Å². The predicted molar refractivity (Wildman–Crippen MR) is 24.7 cm³/mol. The maximum Gasteiger partial charge on any atom is 1.00 e. The SMILES string of the molecule is CCCC(=O)OO.[H-].[K+]. The van der Waals surface area contributed by atoms with E-state index in [1.807, 2.05) is 6.92 Å². The fourth-order valence-electron chi connectivity index (χ4n) is 0.250. The first-order chi connectivity index (χ1) is 3.31. The molecule has 0 heterocycles. The van der Waals surface area contributed by atoms with Crippen LogP contribution in [0, 0.1) is 0 Å². The van der Waals surface area contributed by atoms with Crippen LogP contribution in [0.1, 0.15) is 21.2 Å². The molecular formula is C4H9KO3. The van der Waals surface area contributed by atoms with Gasteiger partial charge in [-0.1, -0.05) is 6.92 Å². The molecule has 0 saturated heterocycles. The third-order valence-electron chi connectivity index (χ3n) is 0.556. The smallest absolute Gasteiger partial charge is 1.00 e. The quantitative estimate of drug-likeness (QED) is 0.275. The summed E-state index contributed by atoms with van der Waals surface area (Å²) in [6.45, 7) is 1.83. The Morgan fingerprint density at radius 3 is 2.50 bits per heavy atom. The molecule has 0 unspecified atom stereocenters. The van der Waals surface area contributed by atoms with Crippen LogP contribution in [-0.2, 0) is 9.68 Å². The van der Waals surface area contributed by atoms with Crippen LogP contribution >= 0.6 is 0 Å². The second kappa shape index (κ2) is 8.07. The van der Waals surface area contributed by atoms with Crippen LogP contribution in [-0.4, -0.2) is 11.2 Å². The minimum atomic E-state index is -0.567. The Balaban J connectivity index is -0.000000180. The maximum atomic E-state index is 9.94. The van der Waals surface area contributed by atoms with Crippen molar-refractivity contribution >= 4 is 5.97 Å². The van der Waals surface area contributed by atoms with E-state index in [1.165, 1.54) is 0 Å². The number of hydrogen-bond acceptors (Lipinski definition) is 3. The van der Waals surface area contributed by atoms with Crippen molar-refractivity contribution < 1.29 is 67.8 Å². The second-order valence-corrected chi connectivity index (χ2v) is 1.21. The summed E-state index contributed by atoms with van der Waals surface area (Å²) in [5, 5.41) is 7.62. The molecule has 8 heavy (non-hydrogen) atoms. The van der Waals surface area contributed by atoms with Gasteiger partial charge in [-0.3, -0.25) is 0 Å². The minimum Gasteiger partial charge on any atom is -1.00 e. The molecule has 0 radical (unpaired) electrons. The maximum absolute atomic E-state index is 9.94. The molecule has 0 aromatic heterocycles. The zero-order valence-corrected chi connectivity index (χ0v) is 8.30. The Bertz CT molecular complexity index is 68.8. The van der Waals surface area contributed by atoms with E-state index in [0.29, 0.717) is 6.42 Å². The molecule has 0 aliphatic heterocycles. The molecule has 44 valence electrons. The summed E-state index contributed by atoms with van der Waals surface area (Å²) in [6.07, 6.45) is 0.996. The molecule has 0 rings (SSSR count). The van der Waals surface area contributed by atoms with Crippen molar-refractivity contribution in [2.45, 2.75) is 19.8 Å². The number of rotatable bonds is 2. The van der Waals surface area contributed by atoms with Gasteiger partial charge >= 0.3 is 57.4 Å². The van der Waals surface area contributed by atoms with Crippen molar-refractivity contribution in [3.8, 4) is 0 Å². The van der Waals surface area contributed by atoms with Crippen molar-refractivity contribution in [1.82, 2.24) is 0 Å². The van der Waals surface area contributed by atoms with Crippen LogP contribution in [0.15, 0.2) is 0 Å². The summed E-state index contributed by atoms with van der Waals surface area (Å²) in [5.74, 6) is -0.567. The zero-order chi connectivity index (χ0) is 5.70. The summed E-state index contributed by atoms with van der Waals surface area (Å²) in [7, 11) is 0. The predicted octanol–water partition coefficient (Wildman–Crippen LogP) is -2.08. The summed E-state index contributed by atoms with van der Waals surface area (Å²) in [5.41, 5.74) is 0. The van der Waals surface area contributed by atoms with Gasteiger partial charge in [0.05, 0.1) is 0 Å². The fourth-order valence-corrected chi connectivity index (χ4v) is 0.250. The van der Waals surface area contributed by atoms with E-state index < -0.39 is 5.97 Å². The molecule has 3 nitrogen and oxygen atoms in total. The third-order valence-corrected chi connectivity index (χ3v) is 0.556. The Morgan fingerprint density at radius 2 is 2.38 bits per heavy atom. The average molecular weight is 144 g/mol. The molecule has 0 fully saturated rings. The summed E-state index contributed by atoms with van der Waals surface area (Å²) in [4.78, 5) is 13.3. The van der Waals surface area contributed by atoms with Crippen LogP contribution in [0.2, 0.25) is 0 Å². The molecule has 1 N–H and O–H groups in total. The van der Waals surface area contributed by atoms with E-state index in [4.69, 9.17) is 5.26 Å². The van der Waals surface area contributed by atoms with Crippen molar-refractivity contribution in [3.05, 3.63) is 0 Å². The van der Waals surface area contributed by atoms with Gasteiger partial charge in [-0.15, -0.1) is 0 Å². The Hall–Kier alpha value is 1.07. The van der Waals surface area contributed by atoms with Gasteiger partial charge in [-0.05, 0) is 6.42 Å². The first kappa shape index (κ1) is 11.8. The van der Waals surface area contributed by atoms with E-state index in [0.717, 1.165) is 0 Å². The first-order valence-electron chi connectivity index (χ1n) is 2.15. The van der Waals surface area contributed by atoms with Gasteiger partial charge in [-0.25, -0.2) is 4.79 Å². The molecule has 0 aliphatic rings. The van der Waals surface area contributed by atoms with Gasteiger partial charge in [0.1, 0.15) is 0 Å². The Kier molecular flexibility index (Phi) is 11.9. The molecular weight excluding hydrogens is 135 g/mol. The van der Waals surface area contributed by atoms with Gasteiger partial charge in [0.25, 0.3) is 0 Å². The van der Waals surface area contributed by atoms with Crippen LogP contribution in [0.5, 0.6) is 0 Å². The first-order valence-corrected chi connectivity index (χ1v) is 2.15. The zero-order valence-electron chi connectivity index (χ0n) is 6.18. The summed E-state index contributed by atoms with van der Waals surface area (Å²) in [6, 6.07) is 0. The van der Waals surface area contributed by atoms with E-state index >= 15 is 0 Å². The Labute approximate surface area is 92.2 Å². The van der Waals surface area contributed by atoms with Gasteiger partial charge in [0.2, 0.25) is 0 Å². The number of carbonyl (C=O) groups is 1. The number of carbonyl (C=O) groups excluding carboxylic acids is 1. The molecule has 0 saturated carbocycles. The van der Waals surface area contributed by atoms with E-state index in [9.17, 15) is 4.79 Å². The monoisotopic (exact) mass is 144 g/mol. The van der Waals surface area contributed by atoms with Crippen molar-refractivity contribution in [1.29, 1.82) is 0 Å². The summed E-state index contributed by atoms with van der Waals surface area (Å²) >= 11 is 0. The second-order valence-electron chi connectivity index (χ2n) is 1.21.